The minimum absolute atomic E-state index is 0.328. The van der Waals surface area contributed by atoms with E-state index in [-0.39, 0.29) is 0 Å². The second kappa shape index (κ2) is 5.29. The fourth-order valence-electron chi connectivity index (χ4n) is 2.66. The van der Waals surface area contributed by atoms with Crippen molar-refractivity contribution in [2.45, 2.75) is 26.8 Å². The molecule has 0 aliphatic rings. The first kappa shape index (κ1) is 13.2. The van der Waals surface area contributed by atoms with Gasteiger partial charge in [0, 0.05) is 15.3 Å². The molecule has 0 amide bonds. The van der Waals surface area contributed by atoms with Crippen LogP contribution >= 0.6 is 11.3 Å². The highest BCUT2D eigenvalue weighted by Crippen LogP contribution is 2.35. The Kier molecular flexibility index (Phi) is 3.49. The zero-order valence-corrected chi connectivity index (χ0v) is 12.9. The number of aryl methyl sites for hydroxylation is 2. The summed E-state index contributed by atoms with van der Waals surface area (Å²) in [5.41, 5.74) is 3.88. The Balaban J connectivity index is 1.92. The largest absolute Gasteiger partial charge is 0.378 e. The second-order valence-corrected chi connectivity index (χ2v) is 6.41. The van der Waals surface area contributed by atoms with Gasteiger partial charge in [-0.05, 0) is 55.5 Å². The zero-order chi connectivity index (χ0) is 14.1. The Hall–Kier alpha value is -1.80. The number of fused-ring (bicyclic) bond motifs is 1. The van der Waals surface area contributed by atoms with Crippen LogP contribution in [0.2, 0.25) is 0 Å². The van der Waals surface area contributed by atoms with E-state index in [0.717, 1.165) is 0 Å². The van der Waals surface area contributed by atoms with E-state index in [0.29, 0.717) is 6.04 Å². The van der Waals surface area contributed by atoms with Gasteiger partial charge < -0.3 is 5.32 Å². The lowest BCUT2D eigenvalue weighted by Gasteiger charge is -2.15. The van der Waals surface area contributed by atoms with Crippen LogP contribution in [0, 0.1) is 13.8 Å². The van der Waals surface area contributed by atoms with Gasteiger partial charge in [0.1, 0.15) is 0 Å². The average molecular weight is 281 g/mol. The van der Waals surface area contributed by atoms with Gasteiger partial charge in [-0.2, -0.15) is 0 Å². The molecule has 3 aromatic rings. The molecule has 1 atom stereocenters. The normalized spacial score (nSPS) is 12.6. The van der Waals surface area contributed by atoms with Gasteiger partial charge >= 0.3 is 0 Å². The molecule has 1 nitrogen and oxygen atoms in total. The van der Waals surface area contributed by atoms with Gasteiger partial charge in [0.2, 0.25) is 0 Å². The Labute approximate surface area is 124 Å². The molecule has 20 heavy (non-hydrogen) atoms. The Morgan fingerprint density at radius 3 is 2.55 bits per heavy atom. The first-order chi connectivity index (χ1) is 9.65. The zero-order valence-electron chi connectivity index (χ0n) is 12.1. The lowest BCUT2D eigenvalue weighted by atomic mass is 10.1. The first-order valence-electron chi connectivity index (χ1n) is 6.96. The highest BCUT2D eigenvalue weighted by atomic mass is 32.1. The number of hydrogen-bond donors (Lipinski definition) is 1. The Morgan fingerprint density at radius 2 is 1.80 bits per heavy atom. The Morgan fingerprint density at radius 1 is 1.00 bits per heavy atom. The third kappa shape index (κ3) is 2.44. The van der Waals surface area contributed by atoms with E-state index in [1.165, 1.54) is 31.8 Å². The van der Waals surface area contributed by atoms with Crippen LogP contribution in [0.3, 0.4) is 0 Å². The molecule has 0 bridgehead atoms. The maximum Gasteiger partial charge on any atom is 0.0581 e. The van der Waals surface area contributed by atoms with Crippen LogP contribution in [0.4, 0.5) is 5.69 Å². The third-order valence-corrected chi connectivity index (χ3v) is 5.13. The second-order valence-electron chi connectivity index (χ2n) is 5.32. The van der Waals surface area contributed by atoms with Crippen molar-refractivity contribution in [1.82, 2.24) is 0 Å². The predicted molar refractivity (Wildman–Crippen MR) is 89.8 cm³/mol. The van der Waals surface area contributed by atoms with Crippen molar-refractivity contribution in [3.8, 4) is 0 Å². The minimum Gasteiger partial charge on any atom is -0.378 e. The topological polar surface area (TPSA) is 12.0 Å². The highest BCUT2D eigenvalue weighted by molar-refractivity contribution is 7.19. The molecule has 0 saturated carbocycles. The molecule has 0 aliphatic heterocycles. The lowest BCUT2D eigenvalue weighted by Crippen LogP contribution is -2.06. The van der Waals surface area contributed by atoms with Crippen molar-refractivity contribution in [1.29, 1.82) is 0 Å². The summed E-state index contributed by atoms with van der Waals surface area (Å²) in [6.07, 6.45) is 0. The van der Waals surface area contributed by atoms with Crippen molar-refractivity contribution in [2.75, 3.05) is 5.32 Å². The molecule has 3 rings (SSSR count). The highest BCUT2D eigenvalue weighted by Gasteiger charge is 2.14. The van der Waals surface area contributed by atoms with E-state index in [4.69, 9.17) is 0 Å². The number of hydrogen-bond acceptors (Lipinski definition) is 2. The number of nitrogens with one attached hydrogen (secondary N) is 1. The summed E-state index contributed by atoms with van der Waals surface area (Å²) in [4.78, 5) is 1.42. The molecule has 1 unspecified atom stereocenters. The standard InChI is InChI=1S/C18H19NS/c1-12-7-6-8-15(11-12)19-14(3)18-13(2)16-9-4-5-10-17(16)20-18/h4-11,14,19H,1-3H3. The molecular formula is C18H19NS. The molecule has 0 aliphatic carbocycles. The summed E-state index contributed by atoms with van der Waals surface area (Å²) in [7, 11) is 0. The van der Waals surface area contributed by atoms with Crippen molar-refractivity contribution in [3.05, 3.63) is 64.5 Å². The van der Waals surface area contributed by atoms with E-state index in [1.807, 2.05) is 11.3 Å². The van der Waals surface area contributed by atoms with E-state index >= 15 is 0 Å². The summed E-state index contributed by atoms with van der Waals surface area (Å²) >= 11 is 1.89. The van der Waals surface area contributed by atoms with Gasteiger partial charge in [-0.1, -0.05) is 30.3 Å². The molecule has 0 spiro atoms. The average Bonchev–Trinajstić information content (AvgIpc) is 2.77. The van der Waals surface area contributed by atoms with E-state index in [2.05, 4.69) is 74.6 Å². The molecular weight excluding hydrogens is 262 g/mol. The van der Waals surface area contributed by atoms with Crippen molar-refractivity contribution in [2.24, 2.45) is 0 Å². The van der Waals surface area contributed by atoms with Crippen LogP contribution in [0.1, 0.15) is 29.0 Å². The molecule has 102 valence electrons. The molecule has 0 saturated heterocycles. The molecule has 1 heterocycles. The number of anilines is 1. The smallest absolute Gasteiger partial charge is 0.0581 e. The van der Waals surface area contributed by atoms with Crippen molar-refractivity contribution < 1.29 is 0 Å². The van der Waals surface area contributed by atoms with Crippen molar-refractivity contribution in [3.63, 3.8) is 0 Å². The maximum atomic E-state index is 3.61. The molecule has 2 aromatic carbocycles. The van der Waals surface area contributed by atoms with Crippen LogP contribution in [0.15, 0.2) is 48.5 Å². The third-order valence-electron chi connectivity index (χ3n) is 3.68. The van der Waals surface area contributed by atoms with Crippen LogP contribution in [-0.4, -0.2) is 0 Å². The van der Waals surface area contributed by atoms with E-state index in [9.17, 15) is 0 Å². The summed E-state index contributed by atoms with van der Waals surface area (Å²) in [6.45, 7) is 6.59. The summed E-state index contributed by atoms with van der Waals surface area (Å²) in [5.74, 6) is 0. The fraction of sp³-hybridized carbons (Fsp3) is 0.222. The van der Waals surface area contributed by atoms with Crippen LogP contribution in [0.25, 0.3) is 10.1 Å². The van der Waals surface area contributed by atoms with Crippen LogP contribution < -0.4 is 5.32 Å². The van der Waals surface area contributed by atoms with E-state index < -0.39 is 0 Å². The van der Waals surface area contributed by atoms with Crippen molar-refractivity contribution >= 4 is 27.1 Å². The summed E-state index contributed by atoms with van der Waals surface area (Å²) in [5, 5.41) is 4.99. The Bertz CT molecular complexity index is 742. The lowest BCUT2D eigenvalue weighted by molar-refractivity contribution is 0.900. The summed E-state index contributed by atoms with van der Waals surface area (Å²) in [6, 6.07) is 17.5. The van der Waals surface area contributed by atoms with Crippen LogP contribution in [0.5, 0.6) is 0 Å². The number of benzene rings is 2. The maximum absolute atomic E-state index is 3.61. The van der Waals surface area contributed by atoms with Gasteiger partial charge in [0.15, 0.2) is 0 Å². The number of thiophene rings is 1. The van der Waals surface area contributed by atoms with E-state index in [1.54, 1.807) is 0 Å². The monoisotopic (exact) mass is 281 g/mol. The predicted octanol–water partition coefficient (Wildman–Crippen LogP) is 5.69. The van der Waals surface area contributed by atoms with Crippen LogP contribution in [-0.2, 0) is 0 Å². The summed E-state index contributed by atoms with van der Waals surface area (Å²) < 4.78 is 1.37. The van der Waals surface area contributed by atoms with Gasteiger partial charge in [-0.15, -0.1) is 11.3 Å². The molecule has 0 fully saturated rings. The fourth-order valence-corrected chi connectivity index (χ4v) is 3.87. The van der Waals surface area contributed by atoms with Gasteiger partial charge in [-0.25, -0.2) is 0 Å². The minimum atomic E-state index is 0.328. The molecule has 2 heteroatoms. The first-order valence-corrected chi connectivity index (χ1v) is 7.78. The molecule has 1 aromatic heterocycles. The quantitative estimate of drug-likeness (QED) is 0.650. The SMILES string of the molecule is Cc1cccc(NC(C)c2sc3ccccc3c2C)c1. The van der Waals surface area contributed by atoms with Gasteiger partial charge in [0.05, 0.1) is 6.04 Å². The number of rotatable bonds is 3. The molecule has 1 N–H and O–H groups in total. The van der Waals surface area contributed by atoms with Gasteiger partial charge in [0.25, 0.3) is 0 Å². The van der Waals surface area contributed by atoms with Gasteiger partial charge in [-0.3, -0.25) is 0 Å². The molecule has 0 radical (unpaired) electrons.